The number of nitrogens with one attached hydrogen (secondary N) is 2. The molecule has 43 heavy (non-hydrogen) atoms. The molecule has 0 saturated heterocycles. The summed E-state index contributed by atoms with van der Waals surface area (Å²) in [6, 6.07) is 16.1. The van der Waals surface area contributed by atoms with Crippen molar-refractivity contribution in [1.29, 1.82) is 0 Å². The lowest BCUT2D eigenvalue weighted by Crippen LogP contribution is -2.35. The largest absolute Gasteiger partial charge is 0.479 e. The molecule has 0 bridgehead atoms. The molecule has 228 valence electrons. The lowest BCUT2D eigenvalue weighted by molar-refractivity contribution is -0.142. The lowest BCUT2D eigenvalue weighted by atomic mass is 9.84. The SMILES string of the molecule is O=C(NCC(F)C(=O)O)c1ccc(CN(C(=O)Nc2cc(Br)cc(C(F)(F)F)c2)c2ccc(C3CCCCC3)cc2)cc1. The first-order valence-corrected chi connectivity index (χ1v) is 14.5. The molecule has 3 aromatic carbocycles. The average molecular weight is 664 g/mol. The number of carbonyl (C=O) groups is 3. The number of anilines is 2. The second kappa shape index (κ2) is 14.0. The van der Waals surface area contributed by atoms with Gasteiger partial charge in [-0.15, -0.1) is 0 Å². The zero-order chi connectivity index (χ0) is 31.1. The summed E-state index contributed by atoms with van der Waals surface area (Å²) in [5.74, 6) is -1.91. The van der Waals surface area contributed by atoms with E-state index in [2.05, 4.69) is 26.6 Å². The molecule has 1 fully saturated rings. The summed E-state index contributed by atoms with van der Waals surface area (Å²) in [5.41, 5.74) is 1.48. The average Bonchev–Trinajstić information content (AvgIpc) is 2.98. The van der Waals surface area contributed by atoms with E-state index in [0.29, 0.717) is 17.2 Å². The van der Waals surface area contributed by atoms with E-state index in [4.69, 9.17) is 5.11 Å². The fourth-order valence-electron chi connectivity index (χ4n) is 4.97. The van der Waals surface area contributed by atoms with Gasteiger partial charge in [-0.05, 0) is 72.4 Å². The molecule has 1 aliphatic carbocycles. The Labute approximate surface area is 254 Å². The molecule has 0 aromatic heterocycles. The number of carbonyl (C=O) groups excluding carboxylic acids is 2. The van der Waals surface area contributed by atoms with Gasteiger partial charge in [0.15, 0.2) is 0 Å². The summed E-state index contributed by atoms with van der Waals surface area (Å²) in [6.07, 6.45) is -1.12. The molecule has 1 saturated carbocycles. The van der Waals surface area contributed by atoms with Gasteiger partial charge in [-0.1, -0.05) is 59.5 Å². The summed E-state index contributed by atoms with van der Waals surface area (Å²) in [6.45, 7) is -0.672. The Kier molecular flexibility index (Phi) is 10.4. The van der Waals surface area contributed by atoms with Crippen molar-refractivity contribution in [3.63, 3.8) is 0 Å². The number of alkyl halides is 4. The van der Waals surface area contributed by atoms with Crippen LogP contribution < -0.4 is 15.5 Å². The monoisotopic (exact) mass is 663 g/mol. The van der Waals surface area contributed by atoms with Crippen LogP contribution in [0.15, 0.2) is 71.2 Å². The molecule has 4 rings (SSSR count). The summed E-state index contributed by atoms with van der Waals surface area (Å²) in [4.78, 5) is 37.8. The molecular weight excluding hydrogens is 634 g/mol. The number of aliphatic carboxylic acids is 1. The summed E-state index contributed by atoms with van der Waals surface area (Å²) < 4.78 is 53.6. The van der Waals surface area contributed by atoms with Crippen molar-refractivity contribution >= 4 is 45.2 Å². The third-order valence-corrected chi connectivity index (χ3v) is 7.73. The molecule has 3 amide bonds. The van der Waals surface area contributed by atoms with Crippen molar-refractivity contribution in [3.05, 3.63) is 93.5 Å². The van der Waals surface area contributed by atoms with Crippen LogP contribution in [-0.2, 0) is 17.5 Å². The van der Waals surface area contributed by atoms with Crippen LogP contribution in [0.2, 0.25) is 0 Å². The molecule has 1 unspecified atom stereocenters. The highest BCUT2D eigenvalue weighted by molar-refractivity contribution is 9.10. The van der Waals surface area contributed by atoms with Gasteiger partial charge in [-0.3, -0.25) is 9.69 Å². The first kappa shape index (κ1) is 32.0. The van der Waals surface area contributed by atoms with Crippen molar-refractivity contribution in [3.8, 4) is 0 Å². The van der Waals surface area contributed by atoms with Crippen molar-refractivity contribution < 1.29 is 37.1 Å². The number of carboxylic acid groups (broad SMARTS) is 1. The van der Waals surface area contributed by atoms with E-state index in [1.54, 1.807) is 12.1 Å². The quantitative estimate of drug-likeness (QED) is 0.203. The highest BCUT2D eigenvalue weighted by Gasteiger charge is 2.31. The van der Waals surface area contributed by atoms with Gasteiger partial charge in [0, 0.05) is 21.4 Å². The molecule has 3 N–H and O–H groups in total. The topological polar surface area (TPSA) is 98.7 Å². The highest BCUT2D eigenvalue weighted by Crippen LogP contribution is 2.35. The Hall–Kier alpha value is -3.93. The van der Waals surface area contributed by atoms with Crippen LogP contribution in [0.1, 0.15) is 65.1 Å². The zero-order valence-corrected chi connectivity index (χ0v) is 24.6. The van der Waals surface area contributed by atoms with E-state index in [0.717, 1.165) is 37.8 Å². The highest BCUT2D eigenvalue weighted by atomic mass is 79.9. The fraction of sp³-hybridized carbons (Fsp3) is 0.323. The number of rotatable bonds is 9. The van der Waals surface area contributed by atoms with Crippen molar-refractivity contribution in [2.45, 2.75) is 56.9 Å². The van der Waals surface area contributed by atoms with E-state index in [-0.39, 0.29) is 22.3 Å². The normalized spacial score (nSPS) is 14.5. The number of hydrogen-bond donors (Lipinski definition) is 3. The second-order valence-electron chi connectivity index (χ2n) is 10.4. The standard InChI is InChI=1S/C31H30BrF4N3O4/c32-24-14-23(31(34,35)36)15-25(16-24)38-30(43)39(26-12-10-21(11-13-26)20-4-2-1-3-5-20)18-19-6-8-22(9-7-19)28(40)37-17-27(33)29(41)42/h6-16,20,27H,1-5,17-18H2,(H,37,40)(H,38,43)(H,41,42). The van der Waals surface area contributed by atoms with E-state index < -0.39 is 42.4 Å². The molecule has 3 aromatic rings. The maximum absolute atomic E-state index is 13.5. The van der Waals surface area contributed by atoms with Gasteiger partial charge < -0.3 is 15.7 Å². The predicted molar refractivity (Wildman–Crippen MR) is 158 cm³/mol. The van der Waals surface area contributed by atoms with Gasteiger partial charge in [0.25, 0.3) is 5.91 Å². The van der Waals surface area contributed by atoms with E-state index in [1.165, 1.54) is 35.1 Å². The minimum Gasteiger partial charge on any atom is -0.479 e. The maximum Gasteiger partial charge on any atom is 0.416 e. The Morgan fingerprint density at radius 2 is 1.60 bits per heavy atom. The molecule has 0 spiro atoms. The number of benzene rings is 3. The minimum atomic E-state index is -4.61. The van der Waals surface area contributed by atoms with Crippen LogP contribution in [0.3, 0.4) is 0 Å². The predicted octanol–water partition coefficient (Wildman–Crippen LogP) is 7.91. The number of carboxylic acids is 1. The first-order valence-electron chi connectivity index (χ1n) is 13.7. The van der Waals surface area contributed by atoms with Crippen LogP contribution in [0.25, 0.3) is 0 Å². The van der Waals surface area contributed by atoms with Crippen LogP contribution >= 0.6 is 15.9 Å². The maximum atomic E-state index is 13.5. The van der Waals surface area contributed by atoms with Crippen molar-refractivity contribution in [2.75, 3.05) is 16.8 Å². The van der Waals surface area contributed by atoms with Gasteiger partial charge in [-0.25, -0.2) is 14.0 Å². The number of hydrogen-bond acceptors (Lipinski definition) is 3. The van der Waals surface area contributed by atoms with E-state index in [9.17, 15) is 31.9 Å². The van der Waals surface area contributed by atoms with E-state index in [1.807, 2.05) is 24.3 Å². The van der Waals surface area contributed by atoms with Crippen LogP contribution in [0.5, 0.6) is 0 Å². The van der Waals surface area contributed by atoms with Gasteiger partial charge >= 0.3 is 18.2 Å². The molecule has 0 aliphatic heterocycles. The van der Waals surface area contributed by atoms with Gasteiger partial charge in [0.2, 0.25) is 6.17 Å². The number of amides is 3. The van der Waals surface area contributed by atoms with E-state index >= 15 is 0 Å². The number of urea groups is 1. The van der Waals surface area contributed by atoms with Crippen LogP contribution in [0.4, 0.5) is 33.7 Å². The Balaban J connectivity index is 1.56. The molecular formula is C31H30BrF4N3O4. The summed E-state index contributed by atoms with van der Waals surface area (Å²) >= 11 is 3.07. The molecule has 0 radical (unpaired) electrons. The smallest absolute Gasteiger partial charge is 0.416 e. The zero-order valence-electron chi connectivity index (χ0n) is 23.0. The Morgan fingerprint density at radius 1 is 0.953 bits per heavy atom. The molecule has 1 atom stereocenters. The lowest BCUT2D eigenvalue weighted by Gasteiger charge is -2.26. The third kappa shape index (κ3) is 8.79. The fourth-order valence-corrected chi connectivity index (χ4v) is 5.47. The van der Waals surface area contributed by atoms with Gasteiger partial charge in [0.05, 0.1) is 18.7 Å². The van der Waals surface area contributed by atoms with Crippen molar-refractivity contribution in [2.24, 2.45) is 0 Å². The number of nitrogens with zero attached hydrogens (tertiary/aromatic N) is 1. The second-order valence-corrected chi connectivity index (χ2v) is 11.3. The third-order valence-electron chi connectivity index (χ3n) is 7.27. The Morgan fingerprint density at radius 3 is 2.21 bits per heavy atom. The first-order chi connectivity index (χ1) is 20.4. The van der Waals surface area contributed by atoms with Crippen LogP contribution in [0, 0.1) is 0 Å². The summed E-state index contributed by atoms with van der Waals surface area (Å²) in [5, 5.41) is 13.4. The Bertz CT molecular complexity index is 1440. The van der Waals surface area contributed by atoms with Gasteiger partial charge in [-0.2, -0.15) is 13.2 Å². The summed E-state index contributed by atoms with van der Waals surface area (Å²) in [7, 11) is 0. The van der Waals surface area contributed by atoms with Crippen LogP contribution in [-0.4, -0.2) is 35.7 Å². The molecule has 0 heterocycles. The molecule has 12 heteroatoms. The minimum absolute atomic E-state index is 0.0161. The number of halogens is 5. The van der Waals surface area contributed by atoms with Crippen molar-refractivity contribution in [1.82, 2.24) is 5.32 Å². The molecule has 7 nitrogen and oxygen atoms in total. The van der Waals surface area contributed by atoms with Gasteiger partial charge in [0.1, 0.15) is 0 Å². The molecule has 1 aliphatic rings.